The van der Waals surface area contributed by atoms with Crippen molar-refractivity contribution in [3.63, 3.8) is 0 Å². The number of nitriles is 1. The average molecular weight is 258 g/mol. The number of nitrogens with zero attached hydrogens (tertiary/aromatic N) is 2. The Morgan fingerprint density at radius 1 is 1.37 bits per heavy atom. The number of para-hydroxylation sites is 1. The van der Waals surface area contributed by atoms with E-state index in [4.69, 9.17) is 10.00 Å². The van der Waals surface area contributed by atoms with Crippen LogP contribution < -0.4 is 4.74 Å². The first-order chi connectivity index (χ1) is 9.33. The van der Waals surface area contributed by atoms with Gasteiger partial charge in [0.2, 0.25) is 0 Å². The van der Waals surface area contributed by atoms with E-state index in [9.17, 15) is 0 Å². The molecule has 2 rings (SSSR count). The van der Waals surface area contributed by atoms with Gasteiger partial charge >= 0.3 is 0 Å². The van der Waals surface area contributed by atoms with E-state index in [0.29, 0.717) is 17.9 Å². The van der Waals surface area contributed by atoms with Gasteiger partial charge in [-0.1, -0.05) is 19.1 Å². The lowest BCUT2D eigenvalue weighted by Crippen LogP contribution is -2.27. The molecule has 0 amide bonds. The van der Waals surface area contributed by atoms with Gasteiger partial charge in [0.15, 0.2) is 0 Å². The van der Waals surface area contributed by atoms with Crippen molar-refractivity contribution in [1.82, 2.24) is 4.90 Å². The largest absolute Gasteiger partial charge is 0.492 e. The molecule has 1 fully saturated rings. The first kappa shape index (κ1) is 13.9. The van der Waals surface area contributed by atoms with Crippen LogP contribution in [0.4, 0.5) is 0 Å². The summed E-state index contributed by atoms with van der Waals surface area (Å²) in [4.78, 5) is 2.50. The normalized spacial score (nSPS) is 14.4. The highest BCUT2D eigenvalue weighted by molar-refractivity contribution is 5.42. The Labute approximate surface area is 115 Å². The van der Waals surface area contributed by atoms with E-state index in [1.54, 1.807) is 6.07 Å². The van der Waals surface area contributed by atoms with Crippen LogP contribution in [0, 0.1) is 17.2 Å². The van der Waals surface area contributed by atoms with E-state index < -0.39 is 0 Å². The SMILES string of the molecule is CCN(CCCOc1ccccc1C#N)CC1CC1. The molecule has 0 aliphatic heterocycles. The third-order valence-corrected chi connectivity index (χ3v) is 3.54. The van der Waals surface area contributed by atoms with Crippen LogP contribution in [-0.4, -0.2) is 31.1 Å². The Hall–Kier alpha value is -1.53. The highest BCUT2D eigenvalue weighted by atomic mass is 16.5. The van der Waals surface area contributed by atoms with Gasteiger partial charge in [0.1, 0.15) is 11.8 Å². The molecule has 1 aromatic carbocycles. The van der Waals surface area contributed by atoms with E-state index in [1.165, 1.54) is 19.4 Å². The third-order valence-electron chi connectivity index (χ3n) is 3.54. The zero-order valence-corrected chi connectivity index (χ0v) is 11.6. The van der Waals surface area contributed by atoms with Crippen molar-refractivity contribution in [2.45, 2.75) is 26.2 Å². The van der Waals surface area contributed by atoms with E-state index in [1.807, 2.05) is 18.2 Å². The molecular weight excluding hydrogens is 236 g/mol. The minimum absolute atomic E-state index is 0.618. The average Bonchev–Trinajstić information content (AvgIpc) is 3.26. The van der Waals surface area contributed by atoms with Crippen molar-refractivity contribution in [3.8, 4) is 11.8 Å². The van der Waals surface area contributed by atoms with Crippen molar-refractivity contribution >= 4 is 0 Å². The summed E-state index contributed by atoms with van der Waals surface area (Å²) < 4.78 is 5.69. The lowest BCUT2D eigenvalue weighted by molar-refractivity contribution is 0.235. The number of ether oxygens (including phenoxy) is 1. The standard InChI is InChI=1S/C16H22N2O/c1-2-18(13-14-8-9-14)10-5-11-19-16-7-4-3-6-15(16)12-17/h3-4,6-7,14H,2,5,8-11,13H2,1H3. The second kappa shape index (κ2) is 7.16. The van der Waals surface area contributed by atoms with Crippen LogP contribution in [0.5, 0.6) is 5.75 Å². The van der Waals surface area contributed by atoms with E-state index in [-0.39, 0.29) is 0 Å². The topological polar surface area (TPSA) is 36.3 Å². The van der Waals surface area contributed by atoms with Crippen LogP contribution in [-0.2, 0) is 0 Å². The first-order valence-electron chi connectivity index (χ1n) is 7.17. The minimum Gasteiger partial charge on any atom is -0.492 e. The zero-order valence-electron chi connectivity index (χ0n) is 11.6. The fraction of sp³-hybridized carbons (Fsp3) is 0.562. The first-order valence-corrected chi connectivity index (χ1v) is 7.17. The number of hydrogen-bond acceptors (Lipinski definition) is 3. The Morgan fingerprint density at radius 3 is 2.84 bits per heavy atom. The minimum atomic E-state index is 0.618. The molecule has 0 radical (unpaired) electrons. The molecule has 0 heterocycles. The zero-order chi connectivity index (χ0) is 13.5. The number of rotatable bonds is 8. The van der Waals surface area contributed by atoms with Crippen LogP contribution in [0.15, 0.2) is 24.3 Å². The molecular formula is C16H22N2O. The van der Waals surface area contributed by atoms with Gasteiger partial charge in [-0.05, 0) is 43.9 Å². The van der Waals surface area contributed by atoms with Crippen molar-refractivity contribution in [2.24, 2.45) is 5.92 Å². The van der Waals surface area contributed by atoms with E-state index >= 15 is 0 Å². The van der Waals surface area contributed by atoms with Gasteiger partial charge in [0, 0.05) is 13.1 Å². The van der Waals surface area contributed by atoms with Gasteiger partial charge in [0.05, 0.1) is 12.2 Å². The second-order valence-electron chi connectivity index (χ2n) is 5.15. The maximum absolute atomic E-state index is 8.97. The number of hydrogen-bond donors (Lipinski definition) is 0. The summed E-state index contributed by atoms with van der Waals surface area (Å²) in [7, 11) is 0. The lowest BCUT2D eigenvalue weighted by Gasteiger charge is -2.20. The monoisotopic (exact) mass is 258 g/mol. The van der Waals surface area contributed by atoms with Gasteiger partial charge in [-0.25, -0.2) is 0 Å². The molecule has 3 heteroatoms. The van der Waals surface area contributed by atoms with Gasteiger partial charge < -0.3 is 9.64 Å². The maximum Gasteiger partial charge on any atom is 0.137 e. The Morgan fingerprint density at radius 2 is 2.16 bits per heavy atom. The molecule has 19 heavy (non-hydrogen) atoms. The van der Waals surface area contributed by atoms with Crippen molar-refractivity contribution in [2.75, 3.05) is 26.2 Å². The summed E-state index contributed by atoms with van der Waals surface area (Å²) in [6.45, 7) is 6.34. The molecule has 1 aromatic rings. The van der Waals surface area contributed by atoms with Gasteiger partial charge in [-0.3, -0.25) is 0 Å². The summed E-state index contributed by atoms with van der Waals surface area (Å²) in [5, 5.41) is 8.97. The van der Waals surface area contributed by atoms with Gasteiger partial charge in [-0.15, -0.1) is 0 Å². The molecule has 0 bridgehead atoms. The van der Waals surface area contributed by atoms with Crippen LogP contribution in [0.2, 0.25) is 0 Å². The van der Waals surface area contributed by atoms with Crippen LogP contribution >= 0.6 is 0 Å². The summed E-state index contributed by atoms with van der Waals surface area (Å²) in [6, 6.07) is 9.57. The Bertz CT molecular complexity index is 435. The van der Waals surface area contributed by atoms with Crippen LogP contribution in [0.25, 0.3) is 0 Å². The molecule has 0 aromatic heterocycles. The molecule has 1 aliphatic carbocycles. The second-order valence-corrected chi connectivity index (χ2v) is 5.15. The van der Waals surface area contributed by atoms with Crippen LogP contribution in [0.3, 0.4) is 0 Å². The molecule has 0 spiro atoms. The Kier molecular flexibility index (Phi) is 5.23. The molecule has 0 atom stereocenters. The quantitative estimate of drug-likeness (QED) is 0.672. The number of benzene rings is 1. The van der Waals surface area contributed by atoms with E-state index in [0.717, 1.165) is 25.4 Å². The molecule has 1 aliphatic rings. The molecule has 3 nitrogen and oxygen atoms in total. The predicted molar refractivity (Wildman–Crippen MR) is 76.1 cm³/mol. The summed E-state index contributed by atoms with van der Waals surface area (Å²) >= 11 is 0. The highest BCUT2D eigenvalue weighted by Gasteiger charge is 2.23. The highest BCUT2D eigenvalue weighted by Crippen LogP contribution is 2.29. The summed E-state index contributed by atoms with van der Waals surface area (Å²) in [6.07, 6.45) is 3.82. The molecule has 0 unspecified atom stereocenters. The predicted octanol–water partition coefficient (Wildman–Crippen LogP) is 3.06. The maximum atomic E-state index is 8.97. The van der Waals surface area contributed by atoms with E-state index in [2.05, 4.69) is 17.9 Å². The fourth-order valence-electron chi connectivity index (χ4n) is 2.20. The van der Waals surface area contributed by atoms with Crippen LogP contribution in [0.1, 0.15) is 31.7 Å². The van der Waals surface area contributed by atoms with Crippen molar-refractivity contribution < 1.29 is 4.74 Å². The third kappa shape index (κ3) is 4.57. The summed E-state index contributed by atoms with van der Waals surface area (Å²) in [5.74, 6) is 1.65. The molecule has 1 saturated carbocycles. The fourth-order valence-corrected chi connectivity index (χ4v) is 2.20. The smallest absolute Gasteiger partial charge is 0.137 e. The van der Waals surface area contributed by atoms with Gasteiger partial charge in [-0.2, -0.15) is 5.26 Å². The van der Waals surface area contributed by atoms with Crippen molar-refractivity contribution in [1.29, 1.82) is 5.26 Å². The molecule has 0 saturated heterocycles. The molecule has 0 N–H and O–H groups in total. The Balaban J connectivity index is 1.69. The lowest BCUT2D eigenvalue weighted by atomic mass is 10.2. The van der Waals surface area contributed by atoms with Crippen molar-refractivity contribution in [3.05, 3.63) is 29.8 Å². The summed E-state index contributed by atoms with van der Waals surface area (Å²) in [5.41, 5.74) is 0.618. The molecule has 102 valence electrons. The van der Waals surface area contributed by atoms with Gasteiger partial charge in [0.25, 0.3) is 0 Å².